The Morgan fingerprint density at radius 2 is 2.23 bits per heavy atom. The van der Waals surface area contributed by atoms with E-state index in [1.54, 1.807) is 0 Å². The van der Waals surface area contributed by atoms with E-state index in [1.807, 2.05) is 0 Å². The van der Waals surface area contributed by atoms with Gasteiger partial charge in [-0.3, -0.25) is 10.1 Å². The monoisotopic (exact) mass is 182 g/mol. The van der Waals surface area contributed by atoms with Crippen LogP contribution in [-0.4, -0.2) is 17.5 Å². The van der Waals surface area contributed by atoms with Crippen LogP contribution in [0.5, 0.6) is 0 Å². The summed E-state index contributed by atoms with van der Waals surface area (Å²) in [5.74, 6) is 0.391. The SMILES string of the molecule is CC1CCCC2(C1)NC(=O)NC2=O. The Hall–Kier alpha value is -1.06. The lowest BCUT2D eigenvalue weighted by Gasteiger charge is -2.33. The first-order valence-electron chi connectivity index (χ1n) is 4.76. The summed E-state index contributed by atoms with van der Waals surface area (Å²) in [5, 5.41) is 5.06. The molecule has 0 aromatic heterocycles. The molecule has 2 N–H and O–H groups in total. The van der Waals surface area contributed by atoms with Gasteiger partial charge in [-0.25, -0.2) is 4.79 Å². The summed E-state index contributed by atoms with van der Waals surface area (Å²) in [4.78, 5) is 22.5. The van der Waals surface area contributed by atoms with Gasteiger partial charge in [0.1, 0.15) is 5.54 Å². The lowest BCUT2D eigenvalue weighted by molar-refractivity contribution is -0.125. The normalized spacial score (nSPS) is 39.0. The summed E-state index contributed by atoms with van der Waals surface area (Å²) in [6.45, 7) is 2.12. The van der Waals surface area contributed by atoms with E-state index in [1.165, 1.54) is 0 Å². The molecule has 0 radical (unpaired) electrons. The number of hydrogen-bond donors (Lipinski definition) is 2. The minimum atomic E-state index is -0.575. The fraction of sp³-hybridized carbons (Fsp3) is 0.778. The molecule has 3 amide bonds. The van der Waals surface area contributed by atoms with Crippen LogP contribution in [0, 0.1) is 5.92 Å². The van der Waals surface area contributed by atoms with Crippen LogP contribution in [0.1, 0.15) is 32.6 Å². The van der Waals surface area contributed by atoms with Gasteiger partial charge in [0.2, 0.25) is 0 Å². The van der Waals surface area contributed by atoms with E-state index in [0.29, 0.717) is 5.92 Å². The summed E-state index contributed by atoms with van der Waals surface area (Å²) >= 11 is 0. The third-order valence-electron chi connectivity index (χ3n) is 3.01. The first-order valence-corrected chi connectivity index (χ1v) is 4.76. The molecule has 4 nitrogen and oxygen atoms in total. The Bertz CT molecular complexity index is 264. The topological polar surface area (TPSA) is 58.2 Å². The number of amides is 3. The summed E-state index contributed by atoms with van der Waals surface area (Å²) < 4.78 is 0. The highest BCUT2D eigenvalue weighted by molar-refractivity contribution is 6.07. The van der Waals surface area contributed by atoms with Crippen LogP contribution in [0.25, 0.3) is 0 Å². The maximum Gasteiger partial charge on any atom is 0.322 e. The van der Waals surface area contributed by atoms with Gasteiger partial charge in [-0.1, -0.05) is 19.8 Å². The Labute approximate surface area is 77.1 Å². The van der Waals surface area contributed by atoms with Crippen molar-refractivity contribution in [2.24, 2.45) is 5.92 Å². The number of nitrogens with one attached hydrogen (secondary N) is 2. The van der Waals surface area contributed by atoms with E-state index >= 15 is 0 Å². The highest BCUT2D eigenvalue weighted by Gasteiger charge is 2.47. The summed E-state index contributed by atoms with van der Waals surface area (Å²) in [6.07, 6.45) is 3.75. The number of carbonyl (C=O) groups is 2. The molecule has 0 bridgehead atoms. The predicted molar refractivity (Wildman–Crippen MR) is 47.0 cm³/mol. The first kappa shape index (κ1) is 8.53. The predicted octanol–water partition coefficient (Wildman–Crippen LogP) is 0.775. The molecule has 2 atom stereocenters. The second kappa shape index (κ2) is 2.72. The quantitative estimate of drug-likeness (QED) is 0.544. The van der Waals surface area contributed by atoms with Crippen molar-refractivity contribution in [1.29, 1.82) is 0 Å². The van der Waals surface area contributed by atoms with Gasteiger partial charge in [0.15, 0.2) is 0 Å². The maximum absolute atomic E-state index is 11.5. The molecule has 1 aliphatic heterocycles. The molecule has 2 unspecified atom stereocenters. The number of hydrogen-bond acceptors (Lipinski definition) is 2. The average Bonchev–Trinajstić information content (AvgIpc) is 2.26. The Morgan fingerprint density at radius 1 is 1.46 bits per heavy atom. The number of urea groups is 1. The lowest BCUT2D eigenvalue weighted by atomic mass is 9.76. The summed E-state index contributed by atoms with van der Waals surface area (Å²) in [5.41, 5.74) is -0.575. The lowest BCUT2D eigenvalue weighted by Crippen LogP contribution is -2.49. The van der Waals surface area contributed by atoms with Crippen LogP contribution in [0.2, 0.25) is 0 Å². The third-order valence-corrected chi connectivity index (χ3v) is 3.01. The fourth-order valence-corrected chi connectivity index (χ4v) is 2.40. The van der Waals surface area contributed by atoms with Crippen LogP contribution in [-0.2, 0) is 4.79 Å². The van der Waals surface area contributed by atoms with Gasteiger partial charge in [-0.15, -0.1) is 0 Å². The van der Waals surface area contributed by atoms with Crippen molar-refractivity contribution in [2.75, 3.05) is 0 Å². The molecule has 0 aromatic rings. The highest BCUT2D eigenvalue weighted by Crippen LogP contribution is 2.33. The molecular weight excluding hydrogens is 168 g/mol. The van der Waals surface area contributed by atoms with Gasteiger partial charge in [0.05, 0.1) is 0 Å². The van der Waals surface area contributed by atoms with E-state index in [2.05, 4.69) is 17.6 Å². The first-order chi connectivity index (χ1) is 6.12. The van der Waals surface area contributed by atoms with E-state index in [-0.39, 0.29) is 11.9 Å². The molecule has 13 heavy (non-hydrogen) atoms. The van der Waals surface area contributed by atoms with Gasteiger partial charge in [-0.05, 0) is 18.8 Å². The molecular formula is C9H14N2O2. The van der Waals surface area contributed by atoms with E-state index in [9.17, 15) is 9.59 Å². The van der Waals surface area contributed by atoms with Crippen molar-refractivity contribution in [3.05, 3.63) is 0 Å². The fourth-order valence-electron chi connectivity index (χ4n) is 2.40. The molecule has 1 spiro atoms. The largest absolute Gasteiger partial charge is 0.323 e. The zero-order chi connectivity index (χ0) is 9.47. The Morgan fingerprint density at radius 3 is 2.77 bits per heavy atom. The number of rotatable bonds is 0. The van der Waals surface area contributed by atoms with Gasteiger partial charge in [-0.2, -0.15) is 0 Å². The second-order valence-electron chi connectivity index (χ2n) is 4.19. The van der Waals surface area contributed by atoms with E-state index in [4.69, 9.17) is 0 Å². The maximum atomic E-state index is 11.5. The summed E-state index contributed by atoms with van der Waals surface area (Å²) in [6, 6.07) is -0.334. The second-order valence-corrected chi connectivity index (χ2v) is 4.19. The zero-order valence-corrected chi connectivity index (χ0v) is 7.72. The van der Waals surface area contributed by atoms with E-state index in [0.717, 1.165) is 25.7 Å². The standard InChI is InChI=1S/C9H14N2O2/c1-6-3-2-4-9(5-6)7(12)10-8(13)11-9/h6H,2-5H2,1H3,(H2,10,11,12,13). The molecule has 0 aromatic carbocycles. The van der Waals surface area contributed by atoms with Crippen molar-refractivity contribution in [1.82, 2.24) is 10.6 Å². The third kappa shape index (κ3) is 1.30. The number of imide groups is 1. The van der Waals surface area contributed by atoms with Crippen LogP contribution in [0.15, 0.2) is 0 Å². The highest BCUT2D eigenvalue weighted by atomic mass is 16.2. The molecule has 1 saturated carbocycles. The zero-order valence-electron chi connectivity index (χ0n) is 7.72. The molecule has 2 rings (SSSR count). The van der Waals surface area contributed by atoms with Gasteiger partial charge < -0.3 is 5.32 Å². The molecule has 1 aliphatic carbocycles. The molecule has 4 heteroatoms. The van der Waals surface area contributed by atoms with Crippen LogP contribution in [0.4, 0.5) is 4.79 Å². The Kier molecular flexibility index (Phi) is 1.78. The molecule has 72 valence electrons. The number of carbonyl (C=O) groups excluding carboxylic acids is 2. The van der Waals surface area contributed by atoms with Crippen molar-refractivity contribution < 1.29 is 9.59 Å². The van der Waals surface area contributed by atoms with Crippen LogP contribution >= 0.6 is 0 Å². The molecule has 2 aliphatic rings. The van der Waals surface area contributed by atoms with Crippen molar-refractivity contribution >= 4 is 11.9 Å². The van der Waals surface area contributed by atoms with Crippen molar-refractivity contribution in [2.45, 2.75) is 38.1 Å². The smallest absolute Gasteiger partial charge is 0.322 e. The van der Waals surface area contributed by atoms with Crippen molar-refractivity contribution in [3.63, 3.8) is 0 Å². The molecule has 1 saturated heterocycles. The van der Waals surface area contributed by atoms with E-state index < -0.39 is 5.54 Å². The Balaban J connectivity index is 2.19. The summed E-state index contributed by atoms with van der Waals surface area (Å²) in [7, 11) is 0. The van der Waals surface area contributed by atoms with Crippen LogP contribution < -0.4 is 10.6 Å². The van der Waals surface area contributed by atoms with Crippen LogP contribution in [0.3, 0.4) is 0 Å². The van der Waals surface area contributed by atoms with Gasteiger partial charge in [0, 0.05) is 0 Å². The van der Waals surface area contributed by atoms with Gasteiger partial charge in [0.25, 0.3) is 5.91 Å². The van der Waals surface area contributed by atoms with Gasteiger partial charge >= 0.3 is 6.03 Å². The van der Waals surface area contributed by atoms with Crippen molar-refractivity contribution in [3.8, 4) is 0 Å². The minimum Gasteiger partial charge on any atom is -0.323 e. The molecule has 1 heterocycles. The minimum absolute atomic E-state index is 0.135. The molecule has 2 fully saturated rings. The average molecular weight is 182 g/mol.